The van der Waals surface area contributed by atoms with Crippen LogP contribution in [0.5, 0.6) is 0 Å². The van der Waals surface area contributed by atoms with Gasteiger partial charge < -0.3 is 66.9 Å². The number of rotatable bonds is 31. The van der Waals surface area contributed by atoms with E-state index in [2.05, 4.69) is 48.6 Å². The van der Waals surface area contributed by atoms with Gasteiger partial charge in [-0.15, -0.1) is 0 Å². The summed E-state index contributed by atoms with van der Waals surface area (Å²) >= 11 is 3.97. The molecule has 1 aliphatic heterocycles. The third kappa shape index (κ3) is 19.2. The number of likely N-dealkylation sites (tertiary alicyclic amines) is 1. The number of nitrogens with one attached hydrogen (secondary N) is 5. The summed E-state index contributed by atoms with van der Waals surface area (Å²) < 4.78 is 26.7. The number of nitrogens with zero attached hydrogens (tertiary/aromatic N) is 2. The van der Waals surface area contributed by atoms with Crippen molar-refractivity contribution in [3.63, 3.8) is 0 Å². The molecule has 1 aliphatic rings. The van der Waals surface area contributed by atoms with Gasteiger partial charge in [0.15, 0.2) is 11.6 Å². The number of hydroxylamine groups is 1. The fraction of sp³-hybridized carbons (Fsp3) is 0.722. The summed E-state index contributed by atoms with van der Waals surface area (Å²) in [6.45, 7) is 4.53. The number of hydrogen-bond donors (Lipinski definition) is 12. The molecule has 26 heteroatoms. The highest BCUT2D eigenvalue weighted by Gasteiger charge is 2.41. The van der Waals surface area contributed by atoms with Crippen molar-refractivity contribution in [3.8, 4) is 0 Å². The predicted octanol–water partition coefficient (Wildman–Crippen LogP) is -3.16. The van der Waals surface area contributed by atoms with Crippen LogP contribution in [0.2, 0.25) is 0 Å². The topological polar surface area (TPSA) is 377 Å². The third-order valence-corrected chi connectivity index (χ3v) is 10.8. The Labute approximate surface area is 364 Å². The number of aromatic nitrogens is 2. The van der Waals surface area contributed by atoms with Crippen molar-refractivity contribution in [3.05, 3.63) is 18.2 Å². The lowest BCUT2D eigenvalue weighted by Gasteiger charge is -2.28. The molecule has 1 fully saturated rings. The summed E-state index contributed by atoms with van der Waals surface area (Å²) in [6.07, 6.45) is -0.0504. The minimum absolute atomic E-state index is 0.00929. The number of carbonyl (C=O) groups excluding carboxylic acids is 7. The number of phosphoric ester groups is 1. The summed E-state index contributed by atoms with van der Waals surface area (Å²) in [6, 6.07) is -5.22. The smallest absolute Gasteiger partial charge is 0.394 e. The van der Waals surface area contributed by atoms with Gasteiger partial charge in [0, 0.05) is 50.0 Å². The standard InChI is InChI=1S/C36H62N9O15PS/c1-20(2)10-27(42-36(53)29-13-24(44-54)16-45(29)32(49)4-6-58-8-9-59-7-5-40-35(52)26(37)18-62)30(47)12-22(11-23-15-39-19-41-23)34(51)43-28(17-46)31(48)14-25(33(38)50)21(3)60-61(55,56)57/h15,19-22,24-29,44,46,54,62H,4-14,16-18,37H2,1-3H3,(H2,38,50)(H,39,41)(H,40,52)(H,42,53)(H,43,51)(H2,55,56,57)/t21?,22-,24-,25+,26+,27+,28+,29+/m1/s1. The van der Waals surface area contributed by atoms with Crippen molar-refractivity contribution in [2.24, 2.45) is 29.2 Å². The maximum Gasteiger partial charge on any atom is 0.469 e. The van der Waals surface area contributed by atoms with Crippen LogP contribution in [0.15, 0.2) is 12.5 Å². The molecule has 0 bridgehead atoms. The Balaban J connectivity index is 2.11. The zero-order valence-corrected chi connectivity index (χ0v) is 36.8. The minimum Gasteiger partial charge on any atom is -0.394 e. The lowest BCUT2D eigenvalue weighted by Crippen LogP contribution is -2.52. The van der Waals surface area contributed by atoms with Crippen LogP contribution < -0.4 is 32.9 Å². The largest absolute Gasteiger partial charge is 0.469 e. The van der Waals surface area contributed by atoms with Gasteiger partial charge >= 0.3 is 7.82 Å². The maximum absolute atomic E-state index is 14.0. The van der Waals surface area contributed by atoms with Gasteiger partial charge in [-0.3, -0.25) is 38.1 Å². The van der Waals surface area contributed by atoms with Crippen LogP contribution in [0.4, 0.5) is 0 Å². The normalized spacial score (nSPS) is 18.3. The Morgan fingerprint density at radius 2 is 1.66 bits per heavy atom. The molecule has 62 heavy (non-hydrogen) atoms. The molecule has 5 amide bonds. The van der Waals surface area contributed by atoms with Crippen LogP contribution in [-0.4, -0.2) is 164 Å². The van der Waals surface area contributed by atoms with E-state index >= 15 is 0 Å². The summed E-state index contributed by atoms with van der Waals surface area (Å²) in [7, 11) is -5.08. The Hall–Kier alpha value is -3.88. The van der Waals surface area contributed by atoms with E-state index in [1.807, 2.05) is 13.8 Å². The van der Waals surface area contributed by atoms with Crippen LogP contribution >= 0.6 is 20.5 Å². The van der Waals surface area contributed by atoms with Crippen molar-refractivity contribution in [2.75, 3.05) is 51.9 Å². The molecule has 1 aromatic heterocycles. The van der Waals surface area contributed by atoms with Gasteiger partial charge in [0.2, 0.25) is 29.5 Å². The number of nitrogens with two attached hydrogens (primary N) is 2. The average molecular weight is 924 g/mol. The number of aliphatic hydroxyl groups is 1. The lowest BCUT2D eigenvalue weighted by atomic mass is 9.89. The van der Waals surface area contributed by atoms with Crippen LogP contribution in [0.3, 0.4) is 0 Å². The van der Waals surface area contributed by atoms with Crippen LogP contribution in [0.1, 0.15) is 58.6 Å². The zero-order valence-electron chi connectivity index (χ0n) is 35.0. The summed E-state index contributed by atoms with van der Waals surface area (Å²) in [4.78, 5) is 118. The highest BCUT2D eigenvalue weighted by Crippen LogP contribution is 2.39. The number of imidazole rings is 1. The van der Waals surface area contributed by atoms with E-state index in [0.29, 0.717) is 5.69 Å². The Kier molecular flexibility index (Phi) is 23.9. The molecule has 13 N–H and O–H groups in total. The zero-order chi connectivity index (χ0) is 46.6. The fourth-order valence-corrected chi connectivity index (χ4v) is 7.26. The van der Waals surface area contributed by atoms with Gasteiger partial charge in [-0.2, -0.15) is 12.6 Å². The van der Waals surface area contributed by atoms with Gasteiger partial charge in [0.25, 0.3) is 0 Å². The molecule has 352 valence electrons. The van der Waals surface area contributed by atoms with Gasteiger partial charge in [0.05, 0.1) is 81.8 Å². The van der Waals surface area contributed by atoms with Crippen LogP contribution in [0.25, 0.3) is 0 Å². The van der Waals surface area contributed by atoms with Gasteiger partial charge in [-0.25, -0.2) is 15.0 Å². The van der Waals surface area contributed by atoms with Gasteiger partial charge in [-0.1, -0.05) is 13.8 Å². The molecule has 0 aromatic carbocycles. The van der Waals surface area contributed by atoms with Crippen molar-refractivity contribution < 1.29 is 72.2 Å². The fourth-order valence-electron chi connectivity index (χ4n) is 6.52. The van der Waals surface area contributed by atoms with E-state index in [-0.39, 0.29) is 82.8 Å². The number of amides is 5. The van der Waals surface area contributed by atoms with Crippen LogP contribution in [-0.2, 0) is 58.5 Å². The van der Waals surface area contributed by atoms with E-state index in [4.69, 9.17) is 30.7 Å². The molecule has 1 aromatic rings. The molecule has 0 spiro atoms. The quantitative estimate of drug-likeness (QED) is 0.0151. The van der Waals surface area contributed by atoms with Gasteiger partial charge in [-0.05, 0) is 25.7 Å². The molecule has 1 saturated heterocycles. The molecule has 2 heterocycles. The monoisotopic (exact) mass is 923 g/mol. The maximum atomic E-state index is 14.0. The SMILES string of the molecule is CC(C)C[C@H](NC(=O)[C@@H]1C[C@@H](NO)CN1C(=O)CCOCCOCCNC(=O)[C@@H](N)CS)C(=O)C[C@@H](Cc1cnc[nH]1)C(=O)N[C@@H](CO)C(=O)C[C@H](C(N)=O)C(C)OP(=O)(O)O. The molecule has 2 rings (SSSR count). The molecular weight excluding hydrogens is 861 g/mol. The molecule has 0 saturated carbocycles. The number of hydrogen-bond acceptors (Lipinski definition) is 17. The van der Waals surface area contributed by atoms with E-state index in [1.165, 1.54) is 17.4 Å². The highest BCUT2D eigenvalue weighted by molar-refractivity contribution is 7.80. The van der Waals surface area contributed by atoms with Gasteiger partial charge in [0.1, 0.15) is 12.1 Å². The Morgan fingerprint density at radius 3 is 2.23 bits per heavy atom. The van der Waals surface area contributed by atoms with E-state index in [0.717, 1.165) is 6.92 Å². The number of carbonyl (C=O) groups is 7. The first kappa shape index (κ1) is 54.3. The number of aromatic amines is 1. The molecule has 0 radical (unpaired) electrons. The molecule has 1 unspecified atom stereocenters. The molecule has 24 nitrogen and oxygen atoms in total. The number of ether oxygens (including phenoxy) is 2. The van der Waals surface area contributed by atoms with Crippen molar-refractivity contribution in [2.45, 2.75) is 95.6 Å². The molecule has 8 atom stereocenters. The molecular formula is C36H62N9O15PS. The predicted molar refractivity (Wildman–Crippen MR) is 221 cm³/mol. The van der Waals surface area contributed by atoms with Crippen molar-refractivity contribution in [1.82, 2.24) is 36.3 Å². The second kappa shape index (κ2) is 27.3. The lowest BCUT2D eigenvalue weighted by molar-refractivity contribution is -0.140. The summed E-state index contributed by atoms with van der Waals surface area (Å²) in [5.41, 5.74) is 13.5. The van der Waals surface area contributed by atoms with E-state index in [9.17, 15) is 48.4 Å². The third-order valence-electron chi connectivity index (χ3n) is 9.81. The van der Waals surface area contributed by atoms with Crippen molar-refractivity contribution in [1.29, 1.82) is 0 Å². The molecule has 0 aliphatic carbocycles. The number of thiol groups is 1. The number of Topliss-reactive ketones (excluding diaryl/α,β-unsaturated/α-hetero) is 2. The first-order valence-electron chi connectivity index (χ1n) is 20.0. The summed E-state index contributed by atoms with van der Waals surface area (Å²) in [5, 5.41) is 27.5. The summed E-state index contributed by atoms with van der Waals surface area (Å²) in [5.74, 6) is -7.62. The number of ketones is 2. The highest BCUT2D eigenvalue weighted by atomic mass is 32.1. The van der Waals surface area contributed by atoms with E-state index < -0.39 is 111 Å². The van der Waals surface area contributed by atoms with E-state index in [1.54, 1.807) is 0 Å². The number of H-pyrrole nitrogens is 1. The number of aliphatic hydroxyl groups excluding tert-OH is 1. The minimum atomic E-state index is -5.08. The average Bonchev–Trinajstić information content (AvgIpc) is 3.89. The Bertz CT molecular complexity index is 1670. The second-order valence-electron chi connectivity index (χ2n) is 15.2. The Morgan fingerprint density at radius 1 is 1.00 bits per heavy atom. The first-order valence-corrected chi connectivity index (χ1v) is 22.1. The van der Waals surface area contributed by atoms with Crippen LogP contribution in [0, 0.1) is 17.8 Å². The number of primary amides is 1. The first-order chi connectivity index (χ1) is 29.2. The second-order valence-corrected chi connectivity index (χ2v) is 16.8. The number of phosphoric acid groups is 1. The van der Waals surface area contributed by atoms with Crippen molar-refractivity contribution >= 4 is 61.6 Å².